The maximum atomic E-state index is 6.17. The Morgan fingerprint density at radius 3 is 2.25 bits per heavy atom. The molecule has 0 aliphatic rings. The second kappa shape index (κ2) is 8.11. The summed E-state index contributed by atoms with van der Waals surface area (Å²) in [5.41, 5.74) is 1.95. The topological polar surface area (TPSA) is 30.5 Å². The van der Waals surface area contributed by atoms with Crippen molar-refractivity contribution in [1.82, 2.24) is 5.32 Å². The molecule has 0 radical (unpaired) electrons. The van der Waals surface area contributed by atoms with Crippen molar-refractivity contribution >= 4 is 23.2 Å². The summed E-state index contributed by atoms with van der Waals surface area (Å²) >= 11 is 12.3. The molecule has 0 aliphatic heterocycles. The molecule has 0 aliphatic carbocycles. The molecule has 0 aromatic heterocycles. The highest BCUT2D eigenvalue weighted by Crippen LogP contribution is 2.31. The number of nitrogens with one attached hydrogen (secondary N) is 1. The van der Waals surface area contributed by atoms with E-state index in [2.05, 4.69) is 26.1 Å². The quantitative estimate of drug-likeness (QED) is 0.734. The minimum absolute atomic E-state index is 0.0587. The normalized spacial score (nSPS) is 11.4. The average Bonchev–Trinajstić information content (AvgIpc) is 2.52. The summed E-state index contributed by atoms with van der Waals surface area (Å²) in [6.45, 7) is 7.45. The third-order valence-electron chi connectivity index (χ3n) is 3.48. The molecule has 3 nitrogen and oxygen atoms in total. The van der Waals surface area contributed by atoms with Crippen molar-refractivity contribution in [2.45, 2.75) is 39.5 Å². The van der Waals surface area contributed by atoms with Crippen molar-refractivity contribution in [2.24, 2.45) is 0 Å². The van der Waals surface area contributed by atoms with Crippen LogP contribution in [-0.4, -0.2) is 12.6 Å². The van der Waals surface area contributed by atoms with Gasteiger partial charge in [-0.25, -0.2) is 0 Å². The third-order valence-corrected chi connectivity index (χ3v) is 4.19. The zero-order valence-electron chi connectivity index (χ0n) is 14.5. The van der Waals surface area contributed by atoms with Gasteiger partial charge in [-0.15, -0.1) is 0 Å². The zero-order valence-corrected chi connectivity index (χ0v) is 16.0. The van der Waals surface area contributed by atoms with Gasteiger partial charge in [0, 0.05) is 27.7 Å². The Balaban J connectivity index is 2.10. The van der Waals surface area contributed by atoms with Crippen LogP contribution in [0.15, 0.2) is 36.4 Å². The predicted octanol–water partition coefficient (Wildman–Crippen LogP) is 5.47. The van der Waals surface area contributed by atoms with Gasteiger partial charge in [0.1, 0.15) is 6.61 Å². The monoisotopic (exact) mass is 367 g/mol. The van der Waals surface area contributed by atoms with Crippen molar-refractivity contribution in [2.75, 3.05) is 7.11 Å². The molecule has 2 aromatic rings. The Bertz CT molecular complexity index is 676. The van der Waals surface area contributed by atoms with Crippen LogP contribution in [0.1, 0.15) is 31.9 Å². The maximum absolute atomic E-state index is 6.17. The van der Waals surface area contributed by atoms with E-state index in [0.717, 1.165) is 17.7 Å². The van der Waals surface area contributed by atoms with Crippen LogP contribution >= 0.6 is 23.2 Å². The molecule has 130 valence electrons. The molecule has 0 heterocycles. The van der Waals surface area contributed by atoms with Crippen molar-refractivity contribution in [3.05, 3.63) is 57.6 Å². The Kier molecular flexibility index (Phi) is 6.39. The maximum Gasteiger partial charge on any atom is 0.161 e. The molecule has 0 bridgehead atoms. The molecule has 0 saturated heterocycles. The van der Waals surface area contributed by atoms with Crippen LogP contribution in [0.2, 0.25) is 10.0 Å². The summed E-state index contributed by atoms with van der Waals surface area (Å²) in [6, 6.07) is 11.3. The number of benzene rings is 2. The number of halogens is 2. The highest BCUT2D eigenvalue weighted by atomic mass is 35.5. The van der Waals surface area contributed by atoms with Crippen LogP contribution in [0.5, 0.6) is 11.5 Å². The summed E-state index contributed by atoms with van der Waals surface area (Å²) in [4.78, 5) is 0. The van der Waals surface area contributed by atoms with Gasteiger partial charge in [0.15, 0.2) is 11.5 Å². The van der Waals surface area contributed by atoms with Gasteiger partial charge in [0.25, 0.3) is 0 Å². The molecule has 24 heavy (non-hydrogen) atoms. The average molecular weight is 368 g/mol. The van der Waals surface area contributed by atoms with Gasteiger partial charge >= 0.3 is 0 Å². The smallest absolute Gasteiger partial charge is 0.161 e. The lowest BCUT2D eigenvalue weighted by Gasteiger charge is -2.21. The molecule has 2 aromatic carbocycles. The van der Waals surface area contributed by atoms with E-state index >= 15 is 0 Å². The van der Waals surface area contributed by atoms with Crippen molar-refractivity contribution in [3.63, 3.8) is 0 Å². The first-order valence-electron chi connectivity index (χ1n) is 7.78. The first kappa shape index (κ1) is 18.9. The van der Waals surface area contributed by atoms with Gasteiger partial charge in [-0.3, -0.25) is 0 Å². The van der Waals surface area contributed by atoms with E-state index in [1.54, 1.807) is 19.2 Å². The molecule has 0 saturated carbocycles. The first-order valence-corrected chi connectivity index (χ1v) is 8.53. The van der Waals surface area contributed by atoms with E-state index in [-0.39, 0.29) is 12.1 Å². The Morgan fingerprint density at radius 2 is 1.67 bits per heavy atom. The third kappa shape index (κ3) is 5.30. The van der Waals surface area contributed by atoms with Crippen molar-refractivity contribution < 1.29 is 9.47 Å². The highest BCUT2D eigenvalue weighted by molar-refractivity contribution is 6.35. The number of hydrogen-bond acceptors (Lipinski definition) is 3. The molecule has 0 atom stereocenters. The second-order valence-electron chi connectivity index (χ2n) is 6.58. The molecule has 0 unspecified atom stereocenters. The highest BCUT2D eigenvalue weighted by Gasteiger charge is 2.12. The van der Waals surface area contributed by atoms with E-state index in [4.69, 9.17) is 32.7 Å². The Hall–Kier alpha value is -1.42. The molecule has 0 amide bonds. The van der Waals surface area contributed by atoms with Gasteiger partial charge in [-0.1, -0.05) is 35.3 Å². The van der Waals surface area contributed by atoms with Gasteiger partial charge in [-0.05, 0) is 50.6 Å². The first-order chi connectivity index (χ1) is 11.3. The van der Waals surface area contributed by atoms with Crippen molar-refractivity contribution in [3.8, 4) is 11.5 Å². The van der Waals surface area contributed by atoms with E-state index in [1.807, 2.05) is 24.3 Å². The molecule has 0 spiro atoms. The van der Waals surface area contributed by atoms with Crippen LogP contribution < -0.4 is 14.8 Å². The zero-order chi connectivity index (χ0) is 17.7. The lowest BCUT2D eigenvalue weighted by Crippen LogP contribution is -2.35. The molecule has 2 rings (SSSR count). The number of rotatable bonds is 6. The van der Waals surface area contributed by atoms with E-state index in [1.165, 1.54) is 0 Å². The van der Waals surface area contributed by atoms with Crippen LogP contribution in [0.4, 0.5) is 0 Å². The lowest BCUT2D eigenvalue weighted by atomic mass is 10.1. The largest absolute Gasteiger partial charge is 0.493 e. The fraction of sp³-hybridized carbons (Fsp3) is 0.368. The van der Waals surface area contributed by atoms with Gasteiger partial charge in [-0.2, -0.15) is 0 Å². The molecule has 5 heteroatoms. The number of hydrogen-bond donors (Lipinski definition) is 1. The second-order valence-corrected chi connectivity index (χ2v) is 7.39. The Morgan fingerprint density at radius 1 is 1.00 bits per heavy atom. The predicted molar refractivity (Wildman–Crippen MR) is 100 cm³/mol. The summed E-state index contributed by atoms with van der Waals surface area (Å²) in [5, 5.41) is 4.63. The van der Waals surface area contributed by atoms with Crippen LogP contribution in [-0.2, 0) is 13.2 Å². The standard InChI is InChI=1S/C19H23Cl2NO2/c1-19(2,3)22-11-13-8-9-17(18(10-13)23-4)24-12-14-15(20)6-5-7-16(14)21/h5-10,22H,11-12H2,1-4H3. The lowest BCUT2D eigenvalue weighted by molar-refractivity contribution is 0.284. The fourth-order valence-electron chi connectivity index (χ4n) is 2.13. The SMILES string of the molecule is COc1cc(CNC(C)(C)C)ccc1OCc1c(Cl)cccc1Cl. The minimum atomic E-state index is 0.0587. The minimum Gasteiger partial charge on any atom is -0.493 e. The fourth-order valence-corrected chi connectivity index (χ4v) is 2.64. The molecular weight excluding hydrogens is 345 g/mol. The van der Waals surface area contributed by atoms with E-state index in [9.17, 15) is 0 Å². The Labute approximate surface area is 153 Å². The summed E-state index contributed by atoms with van der Waals surface area (Å²) in [5.74, 6) is 1.35. The van der Waals surface area contributed by atoms with E-state index < -0.39 is 0 Å². The van der Waals surface area contributed by atoms with Crippen LogP contribution in [0, 0.1) is 0 Å². The number of ether oxygens (including phenoxy) is 2. The van der Waals surface area contributed by atoms with Crippen LogP contribution in [0.3, 0.4) is 0 Å². The van der Waals surface area contributed by atoms with Crippen molar-refractivity contribution in [1.29, 1.82) is 0 Å². The molecule has 0 fully saturated rings. The van der Waals surface area contributed by atoms with Gasteiger partial charge in [0.05, 0.1) is 7.11 Å². The molecular formula is C19H23Cl2NO2. The summed E-state index contributed by atoms with van der Waals surface area (Å²) < 4.78 is 11.3. The van der Waals surface area contributed by atoms with Gasteiger partial charge < -0.3 is 14.8 Å². The summed E-state index contributed by atoms with van der Waals surface area (Å²) in [7, 11) is 1.63. The summed E-state index contributed by atoms with van der Waals surface area (Å²) in [6.07, 6.45) is 0. The number of methoxy groups -OCH3 is 1. The van der Waals surface area contributed by atoms with E-state index in [0.29, 0.717) is 21.5 Å². The molecule has 1 N–H and O–H groups in total. The van der Waals surface area contributed by atoms with Gasteiger partial charge in [0.2, 0.25) is 0 Å². The van der Waals surface area contributed by atoms with Crippen LogP contribution in [0.25, 0.3) is 0 Å².